The van der Waals surface area contributed by atoms with Gasteiger partial charge in [-0.05, 0) is 12.5 Å². The van der Waals surface area contributed by atoms with Crippen molar-refractivity contribution in [1.82, 2.24) is 0 Å². The largest absolute Gasteiger partial charge is 0.332 e. The van der Waals surface area contributed by atoms with E-state index < -0.39 is 4.92 Å². The lowest BCUT2D eigenvalue weighted by atomic mass is 9.96. The maximum Gasteiger partial charge on any atom is 0.279 e. The van der Waals surface area contributed by atoms with Crippen LogP contribution >= 0.6 is 0 Å². The van der Waals surface area contributed by atoms with Crippen molar-refractivity contribution >= 4 is 17.3 Å². The molecule has 0 unspecified atom stereocenters. The predicted octanol–water partition coefficient (Wildman–Crippen LogP) is 2.80. The van der Waals surface area contributed by atoms with Crippen LogP contribution in [0.25, 0.3) is 0 Å². The molecule has 0 fully saturated rings. The third-order valence-electron chi connectivity index (χ3n) is 4.17. The first-order chi connectivity index (χ1) is 11.9. The van der Waals surface area contributed by atoms with Crippen molar-refractivity contribution in [3.63, 3.8) is 0 Å². The lowest BCUT2D eigenvalue weighted by molar-refractivity contribution is -0.692. The molecule has 25 heavy (non-hydrogen) atoms. The number of carbonyl (C=O) groups is 1. The summed E-state index contributed by atoms with van der Waals surface area (Å²) in [4.78, 5) is 22.7. The van der Waals surface area contributed by atoms with Gasteiger partial charge in [-0.1, -0.05) is 50.2 Å². The third kappa shape index (κ3) is 5.12. The van der Waals surface area contributed by atoms with Gasteiger partial charge in [-0.3, -0.25) is 14.9 Å². The summed E-state index contributed by atoms with van der Waals surface area (Å²) in [6, 6.07) is 14.7. The summed E-state index contributed by atoms with van der Waals surface area (Å²) < 4.78 is 0. The Balaban J connectivity index is 2.02. The molecule has 0 aromatic heterocycles. The topological polar surface area (TPSA) is 88.9 Å². The molecule has 0 saturated heterocycles. The van der Waals surface area contributed by atoms with Gasteiger partial charge in [0.2, 0.25) is 0 Å². The van der Waals surface area contributed by atoms with E-state index in [0.29, 0.717) is 11.6 Å². The molecule has 2 aromatic carbocycles. The highest BCUT2D eigenvalue weighted by atomic mass is 16.6. The Hall–Kier alpha value is -2.73. The second kappa shape index (κ2) is 8.39. The zero-order valence-corrected chi connectivity index (χ0v) is 14.7. The molecule has 1 amide bonds. The van der Waals surface area contributed by atoms with Crippen molar-refractivity contribution in [2.45, 2.75) is 26.8 Å². The van der Waals surface area contributed by atoms with Gasteiger partial charge in [0.05, 0.1) is 10.6 Å². The van der Waals surface area contributed by atoms with Crippen LogP contribution in [0, 0.1) is 23.0 Å². The van der Waals surface area contributed by atoms with Crippen molar-refractivity contribution < 1.29 is 15.0 Å². The van der Waals surface area contributed by atoms with Crippen LogP contribution in [0.3, 0.4) is 0 Å². The standard InChI is InChI=1S/C19H23N3O3/c1-13(2)19(15-7-5-4-6-8-15)20-12-18(23)21-17-11-16(22(24)25)10-9-14(17)3/h4-11,13,19-20H,12H2,1-3H3,(H,21,23)/p+1/t19-/m1/s1. The number of nitro benzene ring substituents is 1. The number of rotatable bonds is 7. The molecule has 0 radical (unpaired) electrons. The molecular formula is C19H24N3O3+. The van der Waals surface area contributed by atoms with Gasteiger partial charge in [-0.2, -0.15) is 0 Å². The van der Waals surface area contributed by atoms with E-state index in [1.165, 1.54) is 17.7 Å². The third-order valence-corrected chi connectivity index (χ3v) is 4.17. The van der Waals surface area contributed by atoms with E-state index in [-0.39, 0.29) is 24.2 Å². The molecule has 2 rings (SSSR count). The maximum absolute atomic E-state index is 12.3. The molecular weight excluding hydrogens is 318 g/mol. The van der Waals surface area contributed by atoms with Gasteiger partial charge in [0, 0.05) is 23.6 Å². The number of benzene rings is 2. The molecule has 0 saturated carbocycles. The van der Waals surface area contributed by atoms with Crippen molar-refractivity contribution in [1.29, 1.82) is 0 Å². The van der Waals surface area contributed by atoms with E-state index in [2.05, 4.69) is 31.3 Å². The van der Waals surface area contributed by atoms with Crippen LogP contribution in [0.15, 0.2) is 48.5 Å². The van der Waals surface area contributed by atoms with Crippen LogP contribution in [0.1, 0.15) is 31.0 Å². The number of hydrogen-bond acceptors (Lipinski definition) is 3. The van der Waals surface area contributed by atoms with E-state index in [0.717, 1.165) is 5.56 Å². The Labute approximate surface area is 147 Å². The SMILES string of the molecule is Cc1ccc([N+](=O)[O-])cc1NC(=O)C[NH2+][C@@H](c1ccccc1)C(C)C. The predicted molar refractivity (Wildman–Crippen MR) is 97.3 cm³/mol. The monoisotopic (exact) mass is 342 g/mol. The minimum absolute atomic E-state index is 0.0331. The highest BCUT2D eigenvalue weighted by Crippen LogP contribution is 2.21. The van der Waals surface area contributed by atoms with Crippen LogP contribution in [0.5, 0.6) is 0 Å². The molecule has 0 aliphatic rings. The Kier molecular flexibility index (Phi) is 6.25. The maximum atomic E-state index is 12.3. The van der Waals surface area contributed by atoms with Crippen LogP contribution in [0.2, 0.25) is 0 Å². The lowest BCUT2D eigenvalue weighted by Gasteiger charge is -2.19. The fourth-order valence-corrected chi connectivity index (χ4v) is 2.76. The number of nitrogens with zero attached hydrogens (tertiary/aromatic N) is 1. The minimum Gasteiger partial charge on any atom is -0.332 e. The van der Waals surface area contributed by atoms with Crippen molar-refractivity contribution in [2.75, 3.05) is 11.9 Å². The van der Waals surface area contributed by atoms with Gasteiger partial charge < -0.3 is 10.6 Å². The number of anilines is 1. The lowest BCUT2D eigenvalue weighted by Crippen LogP contribution is -2.88. The number of non-ortho nitro benzene ring substituents is 1. The van der Waals surface area contributed by atoms with E-state index in [1.54, 1.807) is 6.07 Å². The average Bonchev–Trinajstić information content (AvgIpc) is 2.57. The van der Waals surface area contributed by atoms with E-state index in [4.69, 9.17) is 0 Å². The van der Waals surface area contributed by atoms with Gasteiger partial charge in [0.25, 0.3) is 11.6 Å². The van der Waals surface area contributed by atoms with Crippen LogP contribution in [-0.2, 0) is 4.79 Å². The van der Waals surface area contributed by atoms with E-state index >= 15 is 0 Å². The van der Waals surface area contributed by atoms with Gasteiger partial charge in [0.1, 0.15) is 6.04 Å². The number of carbonyl (C=O) groups excluding carboxylic acids is 1. The summed E-state index contributed by atoms with van der Waals surface area (Å²) in [5.74, 6) is 0.194. The highest BCUT2D eigenvalue weighted by Gasteiger charge is 2.20. The molecule has 1 atom stereocenters. The fraction of sp³-hybridized carbons (Fsp3) is 0.316. The second-order valence-corrected chi connectivity index (χ2v) is 6.42. The first kappa shape index (κ1) is 18.6. The number of hydrogen-bond donors (Lipinski definition) is 2. The van der Waals surface area contributed by atoms with Crippen molar-refractivity contribution in [2.24, 2.45) is 5.92 Å². The summed E-state index contributed by atoms with van der Waals surface area (Å²) >= 11 is 0. The number of amides is 1. The molecule has 6 heteroatoms. The Morgan fingerprint density at radius 3 is 2.48 bits per heavy atom. The number of aryl methyl sites for hydroxylation is 1. The van der Waals surface area contributed by atoms with E-state index in [9.17, 15) is 14.9 Å². The summed E-state index contributed by atoms with van der Waals surface area (Å²) in [5.41, 5.74) is 2.42. The first-order valence-corrected chi connectivity index (χ1v) is 8.31. The zero-order chi connectivity index (χ0) is 18.4. The molecule has 3 N–H and O–H groups in total. The Bertz CT molecular complexity index is 745. The van der Waals surface area contributed by atoms with E-state index in [1.807, 2.05) is 30.4 Å². The molecule has 0 spiro atoms. The number of quaternary nitrogens is 1. The first-order valence-electron chi connectivity index (χ1n) is 8.31. The number of nitrogens with two attached hydrogens (primary N) is 1. The molecule has 0 heterocycles. The molecule has 0 aliphatic carbocycles. The Morgan fingerprint density at radius 2 is 1.88 bits per heavy atom. The van der Waals surface area contributed by atoms with Crippen LogP contribution < -0.4 is 10.6 Å². The van der Waals surface area contributed by atoms with Crippen LogP contribution in [0.4, 0.5) is 11.4 Å². The van der Waals surface area contributed by atoms with Crippen LogP contribution in [-0.4, -0.2) is 17.4 Å². The number of nitro groups is 1. The minimum atomic E-state index is -0.467. The summed E-state index contributed by atoms with van der Waals surface area (Å²) in [7, 11) is 0. The second-order valence-electron chi connectivity index (χ2n) is 6.42. The zero-order valence-electron chi connectivity index (χ0n) is 14.7. The summed E-state index contributed by atoms with van der Waals surface area (Å²) in [6.45, 7) is 6.30. The van der Waals surface area contributed by atoms with Crippen molar-refractivity contribution in [3.05, 3.63) is 69.8 Å². The molecule has 6 nitrogen and oxygen atoms in total. The van der Waals surface area contributed by atoms with Gasteiger partial charge in [0.15, 0.2) is 6.54 Å². The van der Waals surface area contributed by atoms with Gasteiger partial charge in [-0.25, -0.2) is 0 Å². The quantitative estimate of drug-likeness (QED) is 0.599. The van der Waals surface area contributed by atoms with Crippen molar-refractivity contribution in [3.8, 4) is 0 Å². The highest BCUT2D eigenvalue weighted by molar-refractivity contribution is 5.92. The number of nitrogens with one attached hydrogen (secondary N) is 1. The average molecular weight is 342 g/mol. The normalized spacial score (nSPS) is 12.0. The Morgan fingerprint density at radius 1 is 1.20 bits per heavy atom. The smallest absolute Gasteiger partial charge is 0.279 e. The molecule has 0 aliphatic heterocycles. The molecule has 0 bridgehead atoms. The summed E-state index contributed by atoms with van der Waals surface area (Å²) in [5, 5.41) is 15.7. The molecule has 132 valence electrons. The summed E-state index contributed by atoms with van der Waals surface area (Å²) in [6.07, 6.45) is 0. The molecule has 2 aromatic rings. The van der Waals surface area contributed by atoms with Gasteiger partial charge in [-0.15, -0.1) is 0 Å². The van der Waals surface area contributed by atoms with Gasteiger partial charge >= 0.3 is 0 Å². The fourth-order valence-electron chi connectivity index (χ4n) is 2.76.